The lowest BCUT2D eigenvalue weighted by Gasteiger charge is -2.39. The number of halogens is 1. The summed E-state index contributed by atoms with van der Waals surface area (Å²) in [6.45, 7) is 4.71. The maximum absolute atomic E-state index is 10.9. The summed E-state index contributed by atoms with van der Waals surface area (Å²) < 4.78 is 2.26. The first kappa shape index (κ1) is 18.1. The Morgan fingerprint density at radius 1 is 1.21 bits per heavy atom. The van der Waals surface area contributed by atoms with Crippen molar-refractivity contribution < 1.29 is 5.11 Å². The molecule has 4 heterocycles. The molecule has 28 heavy (non-hydrogen) atoms. The van der Waals surface area contributed by atoms with Gasteiger partial charge in [-0.1, -0.05) is 30.2 Å². The van der Waals surface area contributed by atoms with Gasteiger partial charge in [0, 0.05) is 35.3 Å². The Hall–Kier alpha value is -1.95. The zero-order valence-corrected chi connectivity index (χ0v) is 16.9. The molecule has 2 aliphatic rings. The fourth-order valence-corrected chi connectivity index (χ4v) is 5.04. The van der Waals surface area contributed by atoms with Gasteiger partial charge >= 0.3 is 0 Å². The third kappa shape index (κ3) is 3.02. The maximum Gasteiger partial charge on any atom is 0.126 e. The molecule has 5 rings (SSSR count). The average Bonchev–Trinajstić information content (AvgIpc) is 3.01. The van der Waals surface area contributed by atoms with E-state index in [1.807, 2.05) is 37.4 Å². The second-order valence-electron chi connectivity index (χ2n) is 7.99. The van der Waals surface area contributed by atoms with Crippen LogP contribution in [0.5, 0.6) is 0 Å². The molecule has 0 saturated carbocycles. The third-order valence-corrected chi connectivity index (χ3v) is 6.52. The Bertz CT molecular complexity index is 1010. The molecular weight excluding hydrogens is 372 g/mol. The lowest BCUT2D eigenvalue weighted by molar-refractivity contribution is 0.133. The van der Waals surface area contributed by atoms with Crippen molar-refractivity contribution in [3.05, 3.63) is 58.1 Å². The van der Waals surface area contributed by atoms with E-state index in [1.165, 1.54) is 37.1 Å². The standard InChI is InChI=1S/C22H25ClN4O/c1-14-24-12-19-22(25-14)21-17-4-2-3-10-26(17)11-9-18(21)27(19)13-20(28)15-5-7-16(23)8-6-15/h5-8,12,17,20,28H,2-4,9-11,13H2,1H3. The normalized spacial score (nSPS) is 20.8. The number of aryl methyl sites for hydroxylation is 1. The number of benzene rings is 1. The zero-order chi connectivity index (χ0) is 19.3. The number of piperidine rings is 1. The summed E-state index contributed by atoms with van der Waals surface area (Å²) in [5, 5.41) is 11.6. The number of aliphatic hydroxyl groups is 1. The van der Waals surface area contributed by atoms with Crippen molar-refractivity contribution in [1.82, 2.24) is 19.4 Å². The molecule has 2 atom stereocenters. The number of hydrogen-bond acceptors (Lipinski definition) is 4. The highest BCUT2D eigenvalue weighted by Crippen LogP contribution is 2.41. The molecule has 2 aliphatic heterocycles. The van der Waals surface area contributed by atoms with Gasteiger partial charge in [-0.2, -0.15) is 0 Å². The van der Waals surface area contributed by atoms with Crippen molar-refractivity contribution in [3.8, 4) is 0 Å². The highest BCUT2D eigenvalue weighted by Gasteiger charge is 2.35. The minimum atomic E-state index is -0.595. The Labute approximate surface area is 170 Å². The van der Waals surface area contributed by atoms with Crippen molar-refractivity contribution in [3.63, 3.8) is 0 Å². The number of hydrogen-bond donors (Lipinski definition) is 1. The second kappa shape index (κ2) is 7.14. The largest absolute Gasteiger partial charge is 0.387 e. The van der Waals surface area contributed by atoms with Gasteiger partial charge in [-0.15, -0.1) is 0 Å². The minimum absolute atomic E-state index is 0.447. The van der Waals surface area contributed by atoms with Crippen LogP contribution in [0.25, 0.3) is 11.0 Å². The lowest BCUT2D eigenvalue weighted by atomic mass is 9.90. The van der Waals surface area contributed by atoms with Crippen LogP contribution in [0.3, 0.4) is 0 Å². The number of nitrogens with zero attached hydrogens (tertiary/aromatic N) is 4. The SMILES string of the molecule is Cc1ncc2c(n1)c1c(n2CC(O)c2ccc(Cl)cc2)CCN2CCCCC12. The van der Waals surface area contributed by atoms with Gasteiger partial charge in [0.2, 0.25) is 0 Å². The first-order valence-corrected chi connectivity index (χ1v) is 10.5. The van der Waals surface area contributed by atoms with Crippen LogP contribution in [0, 0.1) is 6.92 Å². The minimum Gasteiger partial charge on any atom is -0.387 e. The molecule has 0 spiro atoms. The highest BCUT2D eigenvalue weighted by atomic mass is 35.5. The van der Waals surface area contributed by atoms with E-state index in [9.17, 15) is 5.11 Å². The summed E-state index contributed by atoms with van der Waals surface area (Å²) in [6.07, 6.45) is 6.07. The molecule has 5 nitrogen and oxygen atoms in total. The molecule has 1 aromatic carbocycles. The van der Waals surface area contributed by atoms with Crippen LogP contribution in [-0.4, -0.2) is 37.6 Å². The van der Waals surface area contributed by atoms with Gasteiger partial charge in [-0.3, -0.25) is 4.90 Å². The van der Waals surface area contributed by atoms with Gasteiger partial charge in [0.1, 0.15) is 5.82 Å². The highest BCUT2D eigenvalue weighted by molar-refractivity contribution is 6.30. The van der Waals surface area contributed by atoms with Crippen molar-refractivity contribution in [1.29, 1.82) is 0 Å². The quantitative estimate of drug-likeness (QED) is 0.720. The van der Waals surface area contributed by atoms with E-state index in [1.54, 1.807) is 0 Å². The summed E-state index contributed by atoms with van der Waals surface area (Å²) in [7, 11) is 0. The molecule has 0 radical (unpaired) electrons. The summed E-state index contributed by atoms with van der Waals surface area (Å²) in [5.41, 5.74) is 5.68. The number of aliphatic hydroxyl groups excluding tert-OH is 1. The fraction of sp³-hybridized carbons (Fsp3) is 0.455. The van der Waals surface area contributed by atoms with Gasteiger partial charge in [0.15, 0.2) is 0 Å². The topological polar surface area (TPSA) is 54.2 Å². The van der Waals surface area contributed by atoms with Crippen molar-refractivity contribution in [2.45, 2.75) is 51.3 Å². The molecule has 6 heteroatoms. The molecular formula is C22H25ClN4O. The van der Waals surface area contributed by atoms with Gasteiger partial charge in [-0.05, 0) is 44.0 Å². The molecule has 0 amide bonds. The Morgan fingerprint density at radius 2 is 2.04 bits per heavy atom. The van der Waals surface area contributed by atoms with Crippen LogP contribution in [0.4, 0.5) is 0 Å². The van der Waals surface area contributed by atoms with E-state index in [4.69, 9.17) is 16.6 Å². The van der Waals surface area contributed by atoms with E-state index in [2.05, 4.69) is 14.5 Å². The van der Waals surface area contributed by atoms with E-state index >= 15 is 0 Å². The van der Waals surface area contributed by atoms with Crippen LogP contribution in [0.1, 0.15) is 54.1 Å². The number of aromatic nitrogens is 3. The number of fused-ring (bicyclic) bond motifs is 5. The Morgan fingerprint density at radius 3 is 2.86 bits per heavy atom. The van der Waals surface area contributed by atoms with Crippen molar-refractivity contribution in [2.75, 3.05) is 13.1 Å². The predicted octanol–water partition coefficient (Wildman–Crippen LogP) is 4.21. The molecule has 3 aromatic rings. The van der Waals surface area contributed by atoms with E-state index in [0.717, 1.165) is 35.4 Å². The van der Waals surface area contributed by atoms with Crippen molar-refractivity contribution >= 4 is 22.6 Å². The lowest BCUT2D eigenvalue weighted by Crippen LogP contribution is -2.39. The first-order valence-electron chi connectivity index (χ1n) is 10.1. The summed E-state index contributed by atoms with van der Waals surface area (Å²) in [5.74, 6) is 0.804. The molecule has 0 aliphatic carbocycles. The van der Waals surface area contributed by atoms with Gasteiger partial charge in [0.25, 0.3) is 0 Å². The van der Waals surface area contributed by atoms with Crippen LogP contribution >= 0.6 is 11.6 Å². The molecule has 2 aromatic heterocycles. The smallest absolute Gasteiger partial charge is 0.126 e. The van der Waals surface area contributed by atoms with Gasteiger partial charge < -0.3 is 9.67 Å². The monoisotopic (exact) mass is 396 g/mol. The molecule has 1 fully saturated rings. The maximum atomic E-state index is 10.9. The van der Waals surface area contributed by atoms with Crippen LogP contribution in [-0.2, 0) is 13.0 Å². The number of rotatable bonds is 3. The van der Waals surface area contributed by atoms with Gasteiger partial charge in [-0.25, -0.2) is 9.97 Å². The summed E-state index contributed by atoms with van der Waals surface area (Å²) in [6, 6.07) is 7.90. The molecule has 146 valence electrons. The molecule has 0 bridgehead atoms. The Balaban J connectivity index is 1.60. The first-order chi connectivity index (χ1) is 13.6. The molecule has 2 unspecified atom stereocenters. The summed E-state index contributed by atoms with van der Waals surface area (Å²) in [4.78, 5) is 11.9. The van der Waals surface area contributed by atoms with Crippen molar-refractivity contribution in [2.24, 2.45) is 0 Å². The molecule has 1 N–H and O–H groups in total. The fourth-order valence-electron chi connectivity index (χ4n) is 4.91. The van der Waals surface area contributed by atoms with Crippen LogP contribution in [0.15, 0.2) is 30.5 Å². The van der Waals surface area contributed by atoms with E-state index in [0.29, 0.717) is 17.6 Å². The predicted molar refractivity (Wildman–Crippen MR) is 111 cm³/mol. The van der Waals surface area contributed by atoms with Gasteiger partial charge in [0.05, 0.1) is 29.9 Å². The Kier molecular flexibility index (Phi) is 4.62. The van der Waals surface area contributed by atoms with E-state index in [-0.39, 0.29) is 0 Å². The third-order valence-electron chi connectivity index (χ3n) is 6.27. The van der Waals surface area contributed by atoms with E-state index < -0.39 is 6.10 Å². The zero-order valence-electron chi connectivity index (χ0n) is 16.1. The summed E-state index contributed by atoms with van der Waals surface area (Å²) >= 11 is 6.00. The average molecular weight is 397 g/mol. The second-order valence-corrected chi connectivity index (χ2v) is 8.42. The van der Waals surface area contributed by atoms with Crippen LogP contribution in [0.2, 0.25) is 5.02 Å². The van der Waals surface area contributed by atoms with Crippen LogP contribution < -0.4 is 0 Å². The molecule has 1 saturated heterocycles.